The maximum atomic E-state index is 12.2. The van der Waals surface area contributed by atoms with E-state index >= 15 is 0 Å². The van der Waals surface area contributed by atoms with Gasteiger partial charge in [0.05, 0.1) is 18.2 Å². The number of anilines is 1. The first-order valence-electron chi connectivity index (χ1n) is 6.29. The van der Waals surface area contributed by atoms with Crippen LogP contribution in [0.4, 0.5) is 5.69 Å². The van der Waals surface area contributed by atoms with Crippen LogP contribution in [0, 0.1) is 11.3 Å². The fourth-order valence-corrected chi connectivity index (χ4v) is 2.20. The molecule has 0 saturated carbocycles. The summed E-state index contributed by atoms with van der Waals surface area (Å²) < 4.78 is 5.51. The Balaban J connectivity index is 1.95. The van der Waals surface area contributed by atoms with Gasteiger partial charge in [0.25, 0.3) is 5.91 Å². The maximum Gasteiger partial charge on any atom is 0.265 e. The van der Waals surface area contributed by atoms with Gasteiger partial charge >= 0.3 is 0 Å². The maximum absolute atomic E-state index is 12.2. The lowest BCUT2D eigenvalue weighted by molar-refractivity contribution is -0.120. The van der Waals surface area contributed by atoms with E-state index in [4.69, 9.17) is 10.00 Å². The van der Waals surface area contributed by atoms with Crippen LogP contribution in [0.2, 0.25) is 0 Å². The van der Waals surface area contributed by atoms with E-state index < -0.39 is 0 Å². The molecule has 0 spiro atoms. The highest BCUT2D eigenvalue weighted by atomic mass is 16.5. The number of fused-ring (bicyclic) bond motifs is 1. The first kappa shape index (κ1) is 12.2. The zero-order chi connectivity index (χ0) is 13.9. The number of para-hydroxylation sites is 1. The number of hydrogen-bond acceptors (Lipinski definition) is 3. The average molecular weight is 264 g/mol. The zero-order valence-corrected chi connectivity index (χ0v) is 10.7. The average Bonchev–Trinajstić information content (AvgIpc) is 2.67. The highest BCUT2D eigenvalue weighted by molar-refractivity contribution is 5.95. The molecule has 1 aliphatic rings. The summed E-state index contributed by atoms with van der Waals surface area (Å²) in [6.07, 6.45) is 0. The van der Waals surface area contributed by atoms with Crippen molar-refractivity contribution in [3.63, 3.8) is 0 Å². The number of amides is 1. The smallest absolute Gasteiger partial charge is 0.265 e. The molecule has 2 aromatic rings. The van der Waals surface area contributed by atoms with Crippen LogP contribution in [-0.4, -0.2) is 12.5 Å². The van der Waals surface area contributed by atoms with E-state index in [1.807, 2.05) is 24.3 Å². The number of nitrogens with zero attached hydrogens (tertiary/aromatic N) is 2. The number of carbonyl (C=O) groups is 1. The Morgan fingerprint density at radius 3 is 2.60 bits per heavy atom. The Hall–Kier alpha value is -2.80. The number of benzene rings is 2. The second-order valence-corrected chi connectivity index (χ2v) is 4.53. The molecule has 1 amide bonds. The third kappa shape index (κ3) is 2.21. The summed E-state index contributed by atoms with van der Waals surface area (Å²) in [7, 11) is 0. The molecule has 1 heterocycles. The molecule has 3 rings (SSSR count). The molecule has 0 fully saturated rings. The molecule has 0 N–H and O–H groups in total. The number of carbonyl (C=O) groups excluding carboxylic acids is 1. The predicted octanol–water partition coefficient (Wildman–Crippen LogP) is 2.48. The molecule has 4 heteroatoms. The third-order valence-corrected chi connectivity index (χ3v) is 3.26. The molecule has 20 heavy (non-hydrogen) atoms. The molecule has 0 atom stereocenters. The van der Waals surface area contributed by atoms with Crippen LogP contribution in [-0.2, 0) is 11.3 Å². The second kappa shape index (κ2) is 5.06. The monoisotopic (exact) mass is 264 g/mol. The topological polar surface area (TPSA) is 53.3 Å². The number of nitriles is 1. The van der Waals surface area contributed by atoms with Gasteiger partial charge in [-0.3, -0.25) is 4.79 Å². The van der Waals surface area contributed by atoms with Crippen LogP contribution in [0.25, 0.3) is 0 Å². The number of ether oxygens (including phenoxy) is 1. The van der Waals surface area contributed by atoms with Crippen molar-refractivity contribution in [2.75, 3.05) is 11.5 Å². The first-order valence-corrected chi connectivity index (χ1v) is 6.29. The van der Waals surface area contributed by atoms with Crippen molar-refractivity contribution in [2.24, 2.45) is 0 Å². The first-order chi connectivity index (χ1) is 9.78. The summed E-state index contributed by atoms with van der Waals surface area (Å²) in [5, 5.41) is 8.82. The summed E-state index contributed by atoms with van der Waals surface area (Å²) in [5.74, 6) is 0.655. The summed E-state index contributed by atoms with van der Waals surface area (Å²) in [5.41, 5.74) is 2.32. The molecule has 0 unspecified atom stereocenters. The molecule has 4 nitrogen and oxygen atoms in total. The highest BCUT2D eigenvalue weighted by Crippen LogP contribution is 2.26. The van der Waals surface area contributed by atoms with Gasteiger partial charge in [-0.1, -0.05) is 18.2 Å². The number of rotatable bonds is 1. The lowest BCUT2D eigenvalue weighted by Crippen LogP contribution is -2.32. The van der Waals surface area contributed by atoms with Crippen molar-refractivity contribution in [1.82, 2.24) is 0 Å². The minimum Gasteiger partial charge on any atom is -0.483 e. The fourth-order valence-electron chi connectivity index (χ4n) is 2.20. The Kier molecular flexibility index (Phi) is 3.10. The van der Waals surface area contributed by atoms with E-state index in [0.717, 1.165) is 17.0 Å². The van der Waals surface area contributed by atoms with E-state index in [1.54, 1.807) is 29.2 Å². The SMILES string of the molecule is N#Cc1ccc(N2Cc3ccccc3OCC2=O)cc1. The molecule has 0 aromatic heterocycles. The van der Waals surface area contributed by atoms with Crippen molar-refractivity contribution in [2.45, 2.75) is 6.54 Å². The van der Waals surface area contributed by atoms with Gasteiger partial charge in [0.1, 0.15) is 5.75 Å². The molecule has 0 aliphatic carbocycles. The van der Waals surface area contributed by atoms with Crippen LogP contribution in [0.15, 0.2) is 48.5 Å². The fraction of sp³-hybridized carbons (Fsp3) is 0.125. The molecule has 0 radical (unpaired) electrons. The zero-order valence-electron chi connectivity index (χ0n) is 10.7. The van der Waals surface area contributed by atoms with E-state index in [2.05, 4.69) is 6.07 Å². The van der Waals surface area contributed by atoms with Gasteiger partial charge in [-0.2, -0.15) is 5.26 Å². The van der Waals surface area contributed by atoms with Crippen LogP contribution < -0.4 is 9.64 Å². The summed E-state index contributed by atoms with van der Waals surface area (Å²) in [4.78, 5) is 13.8. The lowest BCUT2D eigenvalue weighted by Gasteiger charge is -2.20. The van der Waals surface area contributed by atoms with Gasteiger partial charge in [-0.25, -0.2) is 0 Å². The van der Waals surface area contributed by atoms with E-state index in [1.165, 1.54) is 0 Å². The molecule has 0 saturated heterocycles. The highest BCUT2D eigenvalue weighted by Gasteiger charge is 2.22. The molecule has 2 aromatic carbocycles. The van der Waals surface area contributed by atoms with Gasteiger partial charge in [0, 0.05) is 11.3 Å². The largest absolute Gasteiger partial charge is 0.483 e. The van der Waals surface area contributed by atoms with Crippen LogP contribution in [0.5, 0.6) is 5.75 Å². The van der Waals surface area contributed by atoms with Gasteiger partial charge in [0.2, 0.25) is 0 Å². The Bertz CT molecular complexity index is 686. The Labute approximate surface area is 116 Å². The van der Waals surface area contributed by atoms with Crippen LogP contribution >= 0.6 is 0 Å². The standard InChI is InChI=1S/C16H12N2O2/c17-9-12-5-7-14(8-6-12)18-10-13-3-1-2-4-15(13)20-11-16(18)19/h1-8H,10-11H2. The quantitative estimate of drug-likeness (QED) is 0.795. The van der Waals surface area contributed by atoms with Gasteiger partial charge in [-0.05, 0) is 30.3 Å². The van der Waals surface area contributed by atoms with Gasteiger partial charge in [0.15, 0.2) is 6.61 Å². The van der Waals surface area contributed by atoms with Gasteiger partial charge < -0.3 is 9.64 Å². The van der Waals surface area contributed by atoms with Crippen molar-refractivity contribution in [1.29, 1.82) is 5.26 Å². The molecule has 0 bridgehead atoms. The molecular weight excluding hydrogens is 252 g/mol. The molecular formula is C16H12N2O2. The summed E-state index contributed by atoms with van der Waals surface area (Å²) >= 11 is 0. The lowest BCUT2D eigenvalue weighted by atomic mass is 10.1. The third-order valence-electron chi connectivity index (χ3n) is 3.26. The summed E-state index contributed by atoms with van der Waals surface area (Å²) in [6.45, 7) is 0.498. The van der Waals surface area contributed by atoms with Crippen molar-refractivity contribution < 1.29 is 9.53 Å². The van der Waals surface area contributed by atoms with Crippen LogP contribution in [0.3, 0.4) is 0 Å². The summed E-state index contributed by atoms with van der Waals surface area (Å²) in [6, 6.07) is 16.7. The molecule has 98 valence electrons. The van der Waals surface area contributed by atoms with Crippen molar-refractivity contribution in [3.8, 4) is 11.8 Å². The minimum atomic E-state index is -0.0918. The van der Waals surface area contributed by atoms with E-state index in [9.17, 15) is 4.79 Å². The van der Waals surface area contributed by atoms with E-state index in [0.29, 0.717) is 12.1 Å². The van der Waals surface area contributed by atoms with Gasteiger partial charge in [-0.15, -0.1) is 0 Å². The van der Waals surface area contributed by atoms with E-state index in [-0.39, 0.29) is 12.5 Å². The van der Waals surface area contributed by atoms with Crippen LogP contribution in [0.1, 0.15) is 11.1 Å². The minimum absolute atomic E-state index is 0.0248. The van der Waals surface area contributed by atoms with Crippen molar-refractivity contribution >= 4 is 11.6 Å². The normalized spacial score (nSPS) is 13.9. The predicted molar refractivity (Wildman–Crippen MR) is 74.3 cm³/mol. The second-order valence-electron chi connectivity index (χ2n) is 4.53. The Morgan fingerprint density at radius 1 is 1.10 bits per heavy atom. The van der Waals surface area contributed by atoms with Crippen molar-refractivity contribution in [3.05, 3.63) is 59.7 Å². The Morgan fingerprint density at radius 2 is 1.85 bits per heavy atom. The number of hydrogen-bond donors (Lipinski definition) is 0. The molecule has 1 aliphatic heterocycles.